The summed E-state index contributed by atoms with van der Waals surface area (Å²) in [6, 6.07) is 16.3. The maximum atomic E-state index is 13.0. The highest BCUT2D eigenvalue weighted by molar-refractivity contribution is 6.04. The number of nitrogens with one attached hydrogen (secondary N) is 1. The van der Waals surface area contributed by atoms with Gasteiger partial charge in [0.2, 0.25) is 5.95 Å². The standard InChI is InChI=1S/C20H15N5O2/c26-18(24-20-22-10-5-11-23-20)16-12-15-8-4-9-21-17(15)25(19(16)27)13-14-6-2-1-3-7-14/h1-12H,13H2,(H,22,23,24,26). The zero-order valence-corrected chi connectivity index (χ0v) is 14.2. The first-order valence-electron chi connectivity index (χ1n) is 8.33. The Bertz CT molecular complexity index is 1160. The third-order valence-electron chi connectivity index (χ3n) is 4.07. The van der Waals surface area contributed by atoms with E-state index in [0.29, 0.717) is 17.6 Å². The van der Waals surface area contributed by atoms with Crippen molar-refractivity contribution in [2.45, 2.75) is 6.54 Å². The van der Waals surface area contributed by atoms with Gasteiger partial charge < -0.3 is 0 Å². The van der Waals surface area contributed by atoms with Gasteiger partial charge in [-0.2, -0.15) is 0 Å². The molecule has 7 nitrogen and oxygen atoms in total. The summed E-state index contributed by atoms with van der Waals surface area (Å²) in [5.41, 5.74) is 1.06. The van der Waals surface area contributed by atoms with Crippen LogP contribution in [0.2, 0.25) is 0 Å². The Morgan fingerprint density at radius 1 is 0.926 bits per heavy atom. The van der Waals surface area contributed by atoms with E-state index in [2.05, 4.69) is 20.3 Å². The van der Waals surface area contributed by atoms with Crippen molar-refractivity contribution in [3.05, 3.63) is 94.7 Å². The summed E-state index contributed by atoms with van der Waals surface area (Å²) in [4.78, 5) is 38.0. The molecule has 7 heteroatoms. The summed E-state index contributed by atoms with van der Waals surface area (Å²) in [7, 11) is 0. The van der Waals surface area contributed by atoms with Gasteiger partial charge in [-0.25, -0.2) is 15.0 Å². The number of hydrogen-bond acceptors (Lipinski definition) is 5. The number of hydrogen-bond donors (Lipinski definition) is 1. The summed E-state index contributed by atoms with van der Waals surface area (Å²) < 4.78 is 1.51. The number of carbonyl (C=O) groups excluding carboxylic acids is 1. The fourth-order valence-electron chi connectivity index (χ4n) is 2.81. The van der Waals surface area contributed by atoms with E-state index in [1.165, 1.54) is 17.0 Å². The number of pyridine rings is 2. The van der Waals surface area contributed by atoms with E-state index in [0.717, 1.165) is 5.56 Å². The van der Waals surface area contributed by atoms with Crippen LogP contribution >= 0.6 is 0 Å². The maximum Gasteiger partial charge on any atom is 0.265 e. The predicted molar refractivity (Wildman–Crippen MR) is 102 cm³/mol. The van der Waals surface area contributed by atoms with Crippen molar-refractivity contribution in [2.24, 2.45) is 0 Å². The first-order valence-corrected chi connectivity index (χ1v) is 8.33. The zero-order chi connectivity index (χ0) is 18.6. The Hall–Kier alpha value is -3.87. The molecule has 132 valence electrons. The maximum absolute atomic E-state index is 13.0. The van der Waals surface area contributed by atoms with Gasteiger partial charge in [0.1, 0.15) is 11.2 Å². The Balaban J connectivity index is 1.81. The van der Waals surface area contributed by atoms with E-state index in [1.54, 1.807) is 24.4 Å². The Morgan fingerprint density at radius 2 is 1.67 bits per heavy atom. The SMILES string of the molecule is O=C(Nc1ncccn1)c1cc2cccnc2n(Cc2ccccc2)c1=O. The highest BCUT2D eigenvalue weighted by Gasteiger charge is 2.17. The highest BCUT2D eigenvalue weighted by Crippen LogP contribution is 2.13. The molecule has 0 aliphatic rings. The van der Waals surface area contributed by atoms with E-state index in [4.69, 9.17) is 0 Å². The van der Waals surface area contributed by atoms with Crippen molar-refractivity contribution in [3.63, 3.8) is 0 Å². The van der Waals surface area contributed by atoms with Crippen LogP contribution < -0.4 is 10.9 Å². The first kappa shape index (κ1) is 16.6. The van der Waals surface area contributed by atoms with E-state index in [1.807, 2.05) is 36.4 Å². The fourth-order valence-corrected chi connectivity index (χ4v) is 2.81. The molecule has 0 saturated heterocycles. The minimum absolute atomic E-state index is 0.0129. The van der Waals surface area contributed by atoms with E-state index in [9.17, 15) is 9.59 Å². The molecule has 1 amide bonds. The smallest absolute Gasteiger partial charge is 0.265 e. The lowest BCUT2D eigenvalue weighted by atomic mass is 10.1. The van der Waals surface area contributed by atoms with Crippen LogP contribution in [0.15, 0.2) is 78.0 Å². The van der Waals surface area contributed by atoms with Crippen LogP contribution in [0.4, 0.5) is 5.95 Å². The molecule has 27 heavy (non-hydrogen) atoms. The molecule has 0 aliphatic carbocycles. The predicted octanol–water partition coefficient (Wildman–Crippen LogP) is 2.49. The lowest BCUT2D eigenvalue weighted by molar-refractivity contribution is 0.102. The molecule has 0 unspecified atom stereocenters. The van der Waals surface area contributed by atoms with Crippen molar-refractivity contribution < 1.29 is 4.79 Å². The quantitative estimate of drug-likeness (QED) is 0.606. The number of aromatic nitrogens is 4. The normalized spacial score (nSPS) is 10.7. The van der Waals surface area contributed by atoms with Gasteiger partial charge in [0, 0.05) is 24.0 Å². The van der Waals surface area contributed by atoms with E-state index >= 15 is 0 Å². The molecule has 0 aliphatic heterocycles. The molecule has 4 rings (SSSR count). The van der Waals surface area contributed by atoms with Gasteiger partial charge in [-0.1, -0.05) is 30.3 Å². The second-order valence-electron chi connectivity index (χ2n) is 5.88. The minimum Gasteiger partial charge on any atom is -0.290 e. The monoisotopic (exact) mass is 357 g/mol. The number of benzene rings is 1. The van der Waals surface area contributed by atoms with Crippen LogP contribution in [0.5, 0.6) is 0 Å². The summed E-state index contributed by atoms with van der Waals surface area (Å²) in [5, 5.41) is 3.26. The van der Waals surface area contributed by atoms with Gasteiger partial charge in [0.15, 0.2) is 0 Å². The molecule has 0 bridgehead atoms. The lowest BCUT2D eigenvalue weighted by Crippen LogP contribution is -2.30. The van der Waals surface area contributed by atoms with Crippen molar-refractivity contribution in [1.29, 1.82) is 0 Å². The minimum atomic E-state index is -0.557. The van der Waals surface area contributed by atoms with Gasteiger partial charge in [0.05, 0.1) is 6.54 Å². The number of anilines is 1. The Kier molecular flexibility index (Phi) is 4.40. The highest BCUT2D eigenvalue weighted by atomic mass is 16.2. The molecule has 0 spiro atoms. The second-order valence-corrected chi connectivity index (χ2v) is 5.88. The molecule has 0 saturated carbocycles. The lowest BCUT2D eigenvalue weighted by Gasteiger charge is -2.12. The average molecular weight is 357 g/mol. The summed E-state index contributed by atoms with van der Waals surface area (Å²) in [6.45, 7) is 0.316. The summed E-state index contributed by atoms with van der Waals surface area (Å²) in [5.74, 6) is -0.415. The number of fused-ring (bicyclic) bond motifs is 1. The van der Waals surface area contributed by atoms with Crippen LogP contribution in [0.25, 0.3) is 11.0 Å². The number of nitrogens with zero attached hydrogens (tertiary/aromatic N) is 4. The van der Waals surface area contributed by atoms with E-state index < -0.39 is 11.5 Å². The molecule has 3 aromatic heterocycles. The molecule has 0 radical (unpaired) electrons. The topological polar surface area (TPSA) is 89.8 Å². The van der Waals surface area contributed by atoms with Crippen LogP contribution in [-0.2, 0) is 6.54 Å². The van der Waals surface area contributed by atoms with Crippen molar-refractivity contribution >= 4 is 22.9 Å². The molecule has 1 N–H and O–H groups in total. The third kappa shape index (κ3) is 3.43. The third-order valence-corrected chi connectivity index (χ3v) is 4.07. The van der Waals surface area contributed by atoms with Crippen molar-refractivity contribution in [2.75, 3.05) is 5.32 Å². The Morgan fingerprint density at radius 3 is 2.44 bits per heavy atom. The van der Waals surface area contributed by atoms with Gasteiger partial charge in [-0.05, 0) is 29.8 Å². The molecule has 1 aromatic carbocycles. The number of carbonyl (C=O) groups is 1. The summed E-state index contributed by atoms with van der Waals surface area (Å²) >= 11 is 0. The molecule has 4 aromatic rings. The molecule has 0 atom stereocenters. The largest absolute Gasteiger partial charge is 0.290 e. The molecule has 3 heterocycles. The van der Waals surface area contributed by atoms with Crippen LogP contribution in [-0.4, -0.2) is 25.4 Å². The molecular weight excluding hydrogens is 342 g/mol. The first-order chi connectivity index (χ1) is 13.2. The van der Waals surface area contributed by atoms with Gasteiger partial charge in [0.25, 0.3) is 11.5 Å². The van der Waals surface area contributed by atoms with Crippen LogP contribution in [0.1, 0.15) is 15.9 Å². The fraction of sp³-hybridized carbons (Fsp3) is 0.0500. The average Bonchev–Trinajstić information content (AvgIpc) is 2.71. The van der Waals surface area contributed by atoms with Crippen LogP contribution in [0.3, 0.4) is 0 Å². The van der Waals surface area contributed by atoms with Gasteiger partial charge in [-0.3, -0.25) is 19.5 Å². The van der Waals surface area contributed by atoms with Crippen molar-refractivity contribution in [3.8, 4) is 0 Å². The van der Waals surface area contributed by atoms with E-state index in [-0.39, 0.29) is 11.5 Å². The van der Waals surface area contributed by atoms with Gasteiger partial charge >= 0.3 is 0 Å². The Labute approximate surface area is 154 Å². The summed E-state index contributed by atoms with van der Waals surface area (Å²) in [6.07, 6.45) is 4.65. The van der Waals surface area contributed by atoms with Gasteiger partial charge in [-0.15, -0.1) is 0 Å². The second kappa shape index (κ2) is 7.17. The number of amides is 1. The zero-order valence-electron chi connectivity index (χ0n) is 14.2. The number of rotatable bonds is 4. The van der Waals surface area contributed by atoms with Crippen LogP contribution in [0, 0.1) is 0 Å². The molecular formula is C20H15N5O2. The van der Waals surface area contributed by atoms with Crippen molar-refractivity contribution in [1.82, 2.24) is 19.5 Å². The molecule has 0 fully saturated rings.